The van der Waals surface area contributed by atoms with Crippen LogP contribution in [0.2, 0.25) is 0 Å². The van der Waals surface area contributed by atoms with Crippen molar-refractivity contribution in [3.05, 3.63) is 47.5 Å². The van der Waals surface area contributed by atoms with E-state index in [2.05, 4.69) is 48.7 Å². The van der Waals surface area contributed by atoms with Crippen molar-refractivity contribution in [2.24, 2.45) is 0 Å². The van der Waals surface area contributed by atoms with E-state index in [1.165, 1.54) is 24.0 Å². The van der Waals surface area contributed by atoms with Gasteiger partial charge < -0.3 is 5.32 Å². The van der Waals surface area contributed by atoms with Crippen LogP contribution in [0.4, 0.5) is 0 Å². The van der Waals surface area contributed by atoms with Gasteiger partial charge in [0.05, 0.1) is 0 Å². The summed E-state index contributed by atoms with van der Waals surface area (Å²) in [5.74, 6) is 0. The molecule has 0 aliphatic heterocycles. The first-order valence-electron chi connectivity index (χ1n) is 6.84. The number of benzene rings is 1. The molecule has 0 aromatic heterocycles. The Morgan fingerprint density at radius 3 is 2.47 bits per heavy atom. The van der Waals surface area contributed by atoms with E-state index in [1.54, 1.807) is 0 Å². The van der Waals surface area contributed by atoms with Gasteiger partial charge in [-0.25, -0.2) is 0 Å². The second kappa shape index (κ2) is 6.61. The average Bonchev–Trinajstić information content (AvgIpc) is 3.18. The van der Waals surface area contributed by atoms with Gasteiger partial charge in [0.1, 0.15) is 0 Å². The van der Waals surface area contributed by atoms with Gasteiger partial charge in [-0.2, -0.15) is 0 Å². The van der Waals surface area contributed by atoms with Crippen LogP contribution in [0, 0.1) is 0 Å². The molecule has 17 heavy (non-hydrogen) atoms. The summed E-state index contributed by atoms with van der Waals surface area (Å²) in [5, 5.41) is 3.52. The second-order valence-electron chi connectivity index (χ2n) is 4.86. The fraction of sp³-hybridized carbons (Fsp3) is 0.500. The molecule has 0 unspecified atom stereocenters. The molecular weight excluding hydrogens is 206 g/mol. The van der Waals surface area contributed by atoms with Crippen LogP contribution in [0.5, 0.6) is 0 Å². The summed E-state index contributed by atoms with van der Waals surface area (Å²) in [6.07, 6.45) is 10.7. The van der Waals surface area contributed by atoms with Gasteiger partial charge in [-0.05, 0) is 49.8 Å². The maximum Gasteiger partial charge on any atom is 0.00683 e. The molecule has 1 aliphatic rings. The van der Waals surface area contributed by atoms with Gasteiger partial charge in [0.2, 0.25) is 0 Å². The fourth-order valence-corrected chi connectivity index (χ4v) is 1.91. The molecule has 1 aliphatic carbocycles. The maximum absolute atomic E-state index is 3.52. The van der Waals surface area contributed by atoms with Gasteiger partial charge in [0.15, 0.2) is 0 Å². The van der Waals surface area contributed by atoms with Crippen molar-refractivity contribution in [1.82, 2.24) is 5.32 Å². The Morgan fingerprint density at radius 2 is 1.82 bits per heavy atom. The van der Waals surface area contributed by atoms with Crippen molar-refractivity contribution in [2.45, 2.75) is 45.1 Å². The number of aryl methyl sites for hydroxylation is 1. The normalized spacial score (nSPS) is 15.6. The standard InChI is InChI=1S/C16H23N/c1-2-14-7-9-15(10-8-14)6-4-3-5-13-17-16-11-12-16/h3-4,7-10,16-17H,2,5-6,11-13H2,1H3. The van der Waals surface area contributed by atoms with E-state index >= 15 is 0 Å². The van der Waals surface area contributed by atoms with Crippen molar-refractivity contribution in [3.63, 3.8) is 0 Å². The van der Waals surface area contributed by atoms with Crippen LogP contribution in [0.15, 0.2) is 36.4 Å². The fourth-order valence-electron chi connectivity index (χ4n) is 1.91. The summed E-state index contributed by atoms with van der Waals surface area (Å²) in [6, 6.07) is 9.79. The second-order valence-corrected chi connectivity index (χ2v) is 4.86. The molecular formula is C16H23N. The van der Waals surface area contributed by atoms with Gasteiger partial charge in [-0.1, -0.05) is 43.3 Å². The summed E-state index contributed by atoms with van der Waals surface area (Å²) in [6.45, 7) is 3.33. The molecule has 1 N–H and O–H groups in total. The molecule has 0 radical (unpaired) electrons. The van der Waals surface area contributed by atoms with Crippen LogP contribution in [0.25, 0.3) is 0 Å². The molecule has 0 heterocycles. The summed E-state index contributed by atoms with van der Waals surface area (Å²) in [4.78, 5) is 0. The van der Waals surface area contributed by atoms with Crippen molar-refractivity contribution in [3.8, 4) is 0 Å². The zero-order valence-electron chi connectivity index (χ0n) is 10.8. The van der Waals surface area contributed by atoms with Gasteiger partial charge in [0.25, 0.3) is 0 Å². The Balaban J connectivity index is 1.63. The molecule has 0 amide bonds. The quantitative estimate of drug-likeness (QED) is 0.557. The number of nitrogens with one attached hydrogen (secondary N) is 1. The molecule has 0 saturated heterocycles. The number of hydrogen-bond acceptors (Lipinski definition) is 1. The van der Waals surface area contributed by atoms with Crippen LogP contribution in [0.1, 0.15) is 37.3 Å². The Bertz CT molecular complexity index is 346. The zero-order valence-corrected chi connectivity index (χ0v) is 10.8. The minimum Gasteiger partial charge on any atom is -0.314 e. The Kier molecular flexibility index (Phi) is 4.81. The number of hydrogen-bond donors (Lipinski definition) is 1. The molecule has 2 rings (SSSR count). The first kappa shape index (κ1) is 12.4. The molecule has 1 fully saturated rings. The SMILES string of the molecule is CCc1ccc(CC=CCCNC2CC2)cc1. The molecule has 92 valence electrons. The van der Waals surface area contributed by atoms with E-state index in [4.69, 9.17) is 0 Å². The number of rotatable bonds is 7. The van der Waals surface area contributed by atoms with Crippen LogP contribution in [0.3, 0.4) is 0 Å². The van der Waals surface area contributed by atoms with Crippen LogP contribution in [-0.2, 0) is 12.8 Å². The lowest BCUT2D eigenvalue weighted by Crippen LogP contribution is -2.16. The van der Waals surface area contributed by atoms with Gasteiger partial charge in [-0.3, -0.25) is 0 Å². The van der Waals surface area contributed by atoms with E-state index < -0.39 is 0 Å². The lowest BCUT2D eigenvalue weighted by atomic mass is 10.1. The molecule has 0 atom stereocenters. The monoisotopic (exact) mass is 229 g/mol. The minimum atomic E-state index is 0.838. The van der Waals surface area contributed by atoms with Crippen LogP contribution < -0.4 is 5.32 Å². The predicted molar refractivity (Wildman–Crippen MR) is 74.3 cm³/mol. The first-order chi connectivity index (χ1) is 8.38. The van der Waals surface area contributed by atoms with Crippen molar-refractivity contribution >= 4 is 0 Å². The van der Waals surface area contributed by atoms with Gasteiger partial charge >= 0.3 is 0 Å². The molecule has 1 heteroatoms. The van der Waals surface area contributed by atoms with Gasteiger partial charge in [0, 0.05) is 6.04 Å². The third-order valence-corrected chi connectivity index (χ3v) is 3.27. The highest BCUT2D eigenvalue weighted by Crippen LogP contribution is 2.18. The maximum atomic E-state index is 3.52. The molecule has 0 bridgehead atoms. The van der Waals surface area contributed by atoms with E-state index in [-0.39, 0.29) is 0 Å². The predicted octanol–water partition coefficient (Wildman–Crippen LogP) is 3.49. The van der Waals surface area contributed by atoms with E-state index in [0.29, 0.717) is 0 Å². The first-order valence-corrected chi connectivity index (χ1v) is 6.84. The molecule has 1 aromatic carbocycles. The van der Waals surface area contributed by atoms with E-state index in [9.17, 15) is 0 Å². The zero-order chi connectivity index (χ0) is 11.9. The Labute approximate surface area is 105 Å². The highest BCUT2D eigenvalue weighted by atomic mass is 14.9. The smallest absolute Gasteiger partial charge is 0.00683 e. The van der Waals surface area contributed by atoms with E-state index in [0.717, 1.165) is 31.8 Å². The summed E-state index contributed by atoms with van der Waals surface area (Å²) >= 11 is 0. The van der Waals surface area contributed by atoms with Crippen molar-refractivity contribution < 1.29 is 0 Å². The van der Waals surface area contributed by atoms with Crippen LogP contribution >= 0.6 is 0 Å². The lowest BCUT2D eigenvalue weighted by molar-refractivity contribution is 0.690. The van der Waals surface area contributed by atoms with Gasteiger partial charge in [-0.15, -0.1) is 0 Å². The third-order valence-electron chi connectivity index (χ3n) is 3.27. The largest absolute Gasteiger partial charge is 0.314 e. The summed E-state index contributed by atoms with van der Waals surface area (Å²) in [5.41, 5.74) is 2.83. The lowest BCUT2D eigenvalue weighted by Gasteiger charge is -2.00. The summed E-state index contributed by atoms with van der Waals surface area (Å²) < 4.78 is 0. The average molecular weight is 229 g/mol. The minimum absolute atomic E-state index is 0.838. The van der Waals surface area contributed by atoms with Crippen molar-refractivity contribution in [2.75, 3.05) is 6.54 Å². The Hall–Kier alpha value is -1.08. The Morgan fingerprint density at radius 1 is 1.12 bits per heavy atom. The highest BCUT2D eigenvalue weighted by Gasteiger charge is 2.19. The van der Waals surface area contributed by atoms with Crippen molar-refractivity contribution in [1.29, 1.82) is 0 Å². The molecule has 0 spiro atoms. The molecule has 1 saturated carbocycles. The number of allylic oxidation sites excluding steroid dienone is 1. The molecule has 1 aromatic rings. The summed E-state index contributed by atoms with van der Waals surface area (Å²) in [7, 11) is 0. The van der Waals surface area contributed by atoms with Crippen LogP contribution in [-0.4, -0.2) is 12.6 Å². The highest BCUT2D eigenvalue weighted by molar-refractivity contribution is 5.24. The molecule has 1 nitrogen and oxygen atoms in total. The topological polar surface area (TPSA) is 12.0 Å². The third kappa shape index (κ3) is 4.74. The van der Waals surface area contributed by atoms with E-state index in [1.807, 2.05) is 0 Å².